The van der Waals surface area contributed by atoms with Crippen LogP contribution in [0.5, 0.6) is 0 Å². The summed E-state index contributed by atoms with van der Waals surface area (Å²) in [7, 11) is 1.44. The number of carbonyl (C=O) groups is 1. The van der Waals surface area contributed by atoms with Crippen LogP contribution in [0.3, 0.4) is 0 Å². The fraction of sp³-hybridized carbons (Fsp3) is 0.750. The molecule has 0 N–H and O–H groups in total. The first-order chi connectivity index (χ1) is 7.20. The third kappa shape index (κ3) is 9.85. The molecule has 0 heterocycles. The van der Waals surface area contributed by atoms with E-state index in [1.165, 1.54) is 26.4 Å². The highest BCUT2D eigenvalue weighted by molar-refractivity contribution is 7.99. The van der Waals surface area contributed by atoms with E-state index in [1.54, 1.807) is 0 Å². The van der Waals surface area contributed by atoms with Gasteiger partial charge in [0.2, 0.25) is 0 Å². The lowest BCUT2D eigenvalue weighted by atomic mass is 10.2. The van der Waals surface area contributed by atoms with Gasteiger partial charge in [0, 0.05) is 5.25 Å². The zero-order valence-corrected chi connectivity index (χ0v) is 10.6. The smallest absolute Gasteiger partial charge is 0.306 e. The highest BCUT2D eigenvalue weighted by Gasteiger charge is 2.08. The zero-order valence-electron chi connectivity index (χ0n) is 9.83. The summed E-state index contributed by atoms with van der Waals surface area (Å²) in [5.74, 6) is 1.02. The van der Waals surface area contributed by atoms with E-state index in [0.29, 0.717) is 11.7 Å². The lowest BCUT2D eigenvalue weighted by molar-refractivity contribution is -0.140. The molecule has 0 amide bonds. The Kier molecular flexibility index (Phi) is 9.79. The Labute approximate surface area is 97.5 Å². The van der Waals surface area contributed by atoms with E-state index in [0.717, 1.165) is 12.2 Å². The van der Waals surface area contributed by atoms with Crippen molar-refractivity contribution in [1.29, 1.82) is 0 Å². The second kappa shape index (κ2) is 10.1. The molecule has 3 heteroatoms. The molecule has 0 aliphatic carbocycles. The van der Waals surface area contributed by atoms with Crippen LogP contribution in [0.15, 0.2) is 12.7 Å². The standard InChI is InChI=1S/C12H22O2S/c1-4-5-6-7-8-9-15-11(2)10-12(13)14-3/h4,11H,1,5-10H2,2-3H3. The number of methoxy groups -OCH3 is 1. The minimum atomic E-state index is -0.110. The number of hydrogen-bond acceptors (Lipinski definition) is 3. The number of allylic oxidation sites excluding steroid dienone is 1. The molecule has 0 aromatic rings. The van der Waals surface area contributed by atoms with Gasteiger partial charge in [0.15, 0.2) is 0 Å². The summed E-state index contributed by atoms with van der Waals surface area (Å²) >= 11 is 1.85. The molecule has 0 aromatic heterocycles. The molecule has 1 unspecified atom stereocenters. The van der Waals surface area contributed by atoms with Crippen molar-refractivity contribution in [2.75, 3.05) is 12.9 Å². The van der Waals surface area contributed by atoms with Crippen molar-refractivity contribution in [3.63, 3.8) is 0 Å². The molecule has 2 nitrogen and oxygen atoms in total. The Morgan fingerprint density at radius 2 is 2.20 bits per heavy atom. The predicted molar refractivity (Wildman–Crippen MR) is 67.2 cm³/mol. The molecular weight excluding hydrogens is 208 g/mol. The van der Waals surface area contributed by atoms with Gasteiger partial charge in [-0.25, -0.2) is 0 Å². The molecular formula is C12H22O2S. The Morgan fingerprint density at radius 1 is 1.47 bits per heavy atom. The highest BCUT2D eigenvalue weighted by atomic mass is 32.2. The molecule has 0 aromatic carbocycles. The van der Waals surface area contributed by atoms with Crippen LogP contribution in [0.4, 0.5) is 0 Å². The van der Waals surface area contributed by atoms with Crippen molar-refractivity contribution < 1.29 is 9.53 Å². The lowest BCUT2D eigenvalue weighted by Crippen LogP contribution is -2.09. The van der Waals surface area contributed by atoms with Crippen LogP contribution in [-0.4, -0.2) is 24.1 Å². The quantitative estimate of drug-likeness (QED) is 0.345. The maximum absolute atomic E-state index is 10.9. The number of hydrogen-bond donors (Lipinski definition) is 0. The van der Waals surface area contributed by atoms with Gasteiger partial charge in [-0.3, -0.25) is 4.79 Å². The fourth-order valence-electron chi connectivity index (χ4n) is 1.23. The number of esters is 1. The van der Waals surface area contributed by atoms with Crippen molar-refractivity contribution >= 4 is 17.7 Å². The van der Waals surface area contributed by atoms with E-state index in [4.69, 9.17) is 0 Å². The summed E-state index contributed by atoms with van der Waals surface area (Å²) in [5, 5.41) is 0.372. The number of thioether (sulfide) groups is 1. The summed E-state index contributed by atoms with van der Waals surface area (Å²) in [6.07, 6.45) is 7.31. The average molecular weight is 230 g/mol. The highest BCUT2D eigenvalue weighted by Crippen LogP contribution is 2.17. The van der Waals surface area contributed by atoms with Gasteiger partial charge in [-0.2, -0.15) is 11.8 Å². The fourth-order valence-corrected chi connectivity index (χ4v) is 2.26. The van der Waals surface area contributed by atoms with Crippen molar-refractivity contribution in [3.8, 4) is 0 Å². The average Bonchev–Trinajstić information content (AvgIpc) is 2.23. The van der Waals surface area contributed by atoms with Gasteiger partial charge in [0.25, 0.3) is 0 Å². The maximum Gasteiger partial charge on any atom is 0.306 e. The topological polar surface area (TPSA) is 26.3 Å². The van der Waals surface area contributed by atoms with Crippen LogP contribution in [0.2, 0.25) is 0 Å². The zero-order chi connectivity index (χ0) is 11.5. The Balaban J connectivity index is 3.27. The molecule has 0 aliphatic rings. The first kappa shape index (κ1) is 14.6. The molecule has 0 saturated heterocycles. The molecule has 0 spiro atoms. The molecule has 0 saturated carbocycles. The Hall–Kier alpha value is -0.440. The number of carbonyl (C=O) groups excluding carboxylic acids is 1. The van der Waals surface area contributed by atoms with Crippen LogP contribution in [0, 0.1) is 0 Å². The van der Waals surface area contributed by atoms with E-state index in [2.05, 4.69) is 18.2 Å². The third-order valence-corrected chi connectivity index (χ3v) is 3.40. The Bertz CT molecular complexity index is 180. The number of rotatable bonds is 9. The SMILES string of the molecule is C=CCCCCCSC(C)CC(=O)OC. The van der Waals surface area contributed by atoms with Gasteiger partial charge in [-0.1, -0.05) is 19.4 Å². The van der Waals surface area contributed by atoms with Crippen molar-refractivity contribution in [1.82, 2.24) is 0 Å². The van der Waals surface area contributed by atoms with Crippen LogP contribution in [0.1, 0.15) is 39.0 Å². The van der Waals surface area contributed by atoms with Gasteiger partial charge >= 0.3 is 5.97 Å². The van der Waals surface area contributed by atoms with Crippen molar-refractivity contribution in [3.05, 3.63) is 12.7 Å². The van der Waals surface area contributed by atoms with Crippen LogP contribution in [0.25, 0.3) is 0 Å². The van der Waals surface area contributed by atoms with Gasteiger partial charge in [-0.15, -0.1) is 6.58 Å². The van der Waals surface area contributed by atoms with E-state index in [9.17, 15) is 4.79 Å². The Morgan fingerprint density at radius 3 is 2.80 bits per heavy atom. The summed E-state index contributed by atoms with van der Waals surface area (Å²) in [5.41, 5.74) is 0. The molecule has 0 fully saturated rings. The van der Waals surface area contributed by atoms with Crippen molar-refractivity contribution in [2.45, 2.75) is 44.3 Å². The number of ether oxygens (including phenoxy) is 1. The summed E-state index contributed by atoms with van der Waals surface area (Å²) < 4.78 is 4.62. The van der Waals surface area contributed by atoms with Gasteiger partial charge < -0.3 is 4.74 Å². The monoisotopic (exact) mass is 230 g/mol. The van der Waals surface area contributed by atoms with Crippen molar-refractivity contribution in [2.24, 2.45) is 0 Å². The molecule has 0 rings (SSSR count). The van der Waals surface area contributed by atoms with Crippen LogP contribution < -0.4 is 0 Å². The van der Waals surface area contributed by atoms with E-state index in [-0.39, 0.29) is 5.97 Å². The third-order valence-electron chi connectivity index (χ3n) is 2.14. The second-order valence-corrected chi connectivity index (χ2v) is 5.15. The summed E-state index contributed by atoms with van der Waals surface area (Å²) in [6, 6.07) is 0. The second-order valence-electron chi connectivity index (χ2n) is 3.60. The molecule has 0 aliphatic heterocycles. The molecule has 0 radical (unpaired) electrons. The maximum atomic E-state index is 10.9. The largest absolute Gasteiger partial charge is 0.469 e. The molecule has 1 atom stereocenters. The summed E-state index contributed by atoms with van der Waals surface area (Å²) in [4.78, 5) is 10.9. The lowest BCUT2D eigenvalue weighted by Gasteiger charge is -2.09. The first-order valence-electron chi connectivity index (χ1n) is 5.50. The minimum Gasteiger partial charge on any atom is -0.469 e. The van der Waals surface area contributed by atoms with E-state index in [1.807, 2.05) is 17.8 Å². The first-order valence-corrected chi connectivity index (χ1v) is 6.55. The minimum absolute atomic E-state index is 0.110. The van der Waals surface area contributed by atoms with E-state index >= 15 is 0 Å². The molecule has 88 valence electrons. The van der Waals surface area contributed by atoms with Gasteiger partial charge in [-0.05, 0) is 25.0 Å². The predicted octanol–water partition coefficient (Wildman–Crippen LogP) is 3.42. The molecule has 15 heavy (non-hydrogen) atoms. The van der Waals surface area contributed by atoms with Crippen LogP contribution >= 0.6 is 11.8 Å². The molecule has 0 bridgehead atoms. The van der Waals surface area contributed by atoms with E-state index < -0.39 is 0 Å². The van der Waals surface area contributed by atoms with Gasteiger partial charge in [0.1, 0.15) is 0 Å². The summed E-state index contributed by atoms with van der Waals surface area (Å²) in [6.45, 7) is 5.77. The van der Waals surface area contributed by atoms with Crippen LogP contribution in [-0.2, 0) is 9.53 Å². The normalized spacial score (nSPS) is 12.1. The number of unbranched alkanes of at least 4 members (excludes halogenated alkanes) is 3. The van der Waals surface area contributed by atoms with Gasteiger partial charge in [0.05, 0.1) is 13.5 Å².